The van der Waals surface area contributed by atoms with Crippen LogP contribution in [0, 0.1) is 29.6 Å². The number of halogens is 1. The van der Waals surface area contributed by atoms with Crippen LogP contribution in [0.25, 0.3) is 0 Å². The third kappa shape index (κ3) is 9.29. The lowest BCUT2D eigenvalue weighted by Crippen LogP contribution is -2.68. The molecule has 2 heterocycles. The van der Waals surface area contributed by atoms with Crippen molar-refractivity contribution in [3.8, 4) is 0 Å². The van der Waals surface area contributed by atoms with Crippen LogP contribution < -0.4 is 32.7 Å². The lowest BCUT2D eigenvalue weighted by Gasteiger charge is -2.50. The highest BCUT2D eigenvalue weighted by molar-refractivity contribution is 5.81. The summed E-state index contributed by atoms with van der Waals surface area (Å²) in [7, 11) is 0. The minimum Gasteiger partial charge on any atom is -0.373 e. The fraction of sp³-hybridized carbons (Fsp3) is 0.861. The van der Waals surface area contributed by atoms with Crippen LogP contribution in [0.3, 0.4) is 0 Å². The number of alkyl halides is 1. The second-order valence-electron chi connectivity index (χ2n) is 14.7. The molecule has 0 radical (unpaired) electrons. The molecule has 8 N–H and O–H groups in total. The smallest absolute Gasteiger partial charge is 0.228 e. The summed E-state index contributed by atoms with van der Waals surface area (Å²) in [6.07, 6.45) is 19.2. The molecule has 44 heavy (non-hydrogen) atoms. The fourth-order valence-corrected chi connectivity index (χ4v) is 8.95. The van der Waals surface area contributed by atoms with Crippen molar-refractivity contribution in [3.05, 3.63) is 23.4 Å². The van der Waals surface area contributed by atoms with Gasteiger partial charge in [0.25, 0.3) is 0 Å². The molecule has 4 aliphatic rings. The highest BCUT2D eigenvalue weighted by Crippen LogP contribution is 2.41. The van der Waals surface area contributed by atoms with Crippen LogP contribution in [-0.4, -0.2) is 56.0 Å². The second-order valence-corrected chi connectivity index (χ2v) is 14.7. The summed E-state index contributed by atoms with van der Waals surface area (Å²) in [4.78, 5) is 14.6. The van der Waals surface area contributed by atoms with Crippen LogP contribution in [0.15, 0.2) is 23.4 Å². The van der Waals surface area contributed by atoms with Crippen molar-refractivity contribution in [2.75, 3.05) is 26.2 Å². The lowest BCUT2D eigenvalue weighted by atomic mass is 9.64. The van der Waals surface area contributed by atoms with Gasteiger partial charge in [0, 0.05) is 24.8 Å². The van der Waals surface area contributed by atoms with E-state index in [1.165, 1.54) is 38.5 Å². The number of unbranched alkanes of at least 4 members (excludes halogenated alkanes) is 2. The van der Waals surface area contributed by atoms with E-state index in [-0.39, 0.29) is 24.0 Å². The molecular weight excluding hydrogens is 551 g/mol. The SMILES string of the molecule is CCCCCC1(NC(=O)C2C(C)NCC(F)C/C=C(/C3CCCC3)NC2N)CNCCC1C(CCN)C(C)C=C1CCCC1. The number of hydrogen-bond donors (Lipinski definition) is 6. The number of amides is 1. The summed E-state index contributed by atoms with van der Waals surface area (Å²) in [6, 6.07) is -0.271. The van der Waals surface area contributed by atoms with E-state index in [0.717, 1.165) is 70.2 Å². The fourth-order valence-electron chi connectivity index (χ4n) is 8.95. The molecule has 3 fully saturated rings. The molecule has 8 atom stereocenters. The summed E-state index contributed by atoms with van der Waals surface area (Å²) in [5, 5.41) is 14.3. The first-order chi connectivity index (χ1) is 21.3. The predicted octanol–water partition coefficient (Wildman–Crippen LogP) is 5.42. The molecule has 2 aliphatic carbocycles. The van der Waals surface area contributed by atoms with Crippen molar-refractivity contribution in [2.24, 2.45) is 41.1 Å². The Morgan fingerprint density at radius 3 is 2.64 bits per heavy atom. The van der Waals surface area contributed by atoms with Gasteiger partial charge in [-0.3, -0.25) is 4.79 Å². The van der Waals surface area contributed by atoms with E-state index in [0.29, 0.717) is 36.6 Å². The molecule has 2 saturated carbocycles. The number of nitrogens with one attached hydrogen (secondary N) is 4. The molecule has 0 bridgehead atoms. The topological polar surface area (TPSA) is 117 Å². The van der Waals surface area contributed by atoms with E-state index in [2.05, 4.69) is 41.2 Å². The molecule has 8 unspecified atom stereocenters. The number of carbonyl (C=O) groups excluding carboxylic acids is 1. The van der Waals surface area contributed by atoms with Crippen LogP contribution in [0.1, 0.15) is 117 Å². The summed E-state index contributed by atoms with van der Waals surface area (Å²) in [6.45, 7) is 9.20. The number of rotatable bonds is 12. The monoisotopic (exact) mass is 617 g/mol. The number of piperidine rings is 1. The molecule has 0 aromatic rings. The minimum atomic E-state index is -0.992. The Hall–Kier alpha value is -1.48. The third-order valence-electron chi connectivity index (χ3n) is 11.4. The van der Waals surface area contributed by atoms with Crippen molar-refractivity contribution < 1.29 is 9.18 Å². The highest BCUT2D eigenvalue weighted by Gasteiger charge is 2.48. The first-order valence-corrected chi connectivity index (χ1v) is 18.3. The normalized spacial score (nSPS) is 34.9. The molecule has 0 aromatic carbocycles. The van der Waals surface area contributed by atoms with Crippen LogP contribution in [0.4, 0.5) is 4.39 Å². The van der Waals surface area contributed by atoms with E-state index >= 15 is 0 Å². The van der Waals surface area contributed by atoms with Crippen LogP contribution in [0.5, 0.6) is 0 Å². The van der Waals surface area contributed by atoms with Crippen LogP contribution in [-0.2, 0) is 4.79 Å². The maximum Gasteiger partial charge on any atom is 0.228 e. The number of allylic oxidation sites excluding steroid dienone is 4. The van der Waals surface area contributed by atoms with Gasteiger partial charge in [0.15, 0.2) is 0 Å². The first-order valence-electron chi connectivity index (χ1n) is 18.3. The van der Waals surface area contributed by atoms with Gasteiger partial charge >= 0.3 is 0 Å². The van der Waals surface area contributed by atoms with E-state index < -0.39 is 18.3 Å². The quantitative estimate of drug-likeness (QED) is 0.129. The van der Waals surface area contributed by atoms with Crippen molar-refractivity contribution >= 4 is 5.91 Å². The average Bonchev–Trinajstić information content (AvgIpc) is 3.72. The third-order valence-corrected chi connectivity index (χ3v) is 11.4. The summed E-state index contributed by atoms with van der Waals surface area (Å²) in [5.74, 6) is 0.938. The van der Waals surface area contributed by atoms with Gasteiger partial charge in [0.1, 0.15) is 6.17 Å². The first kappa shape index (κ1) is 35.4. The van der Waals surface area contributed by atoms with E-state index in [1.54, 1.807) is 5.57 Å². The number of hydrogen-bond acceptors (Lipinski definition) is 6. The van der Waals surface area contributed by atoms with E-state index in [9.17, 15) is 9.18 Å². The predicted molar refractivity (Wildman–Crippen MR) is 180 cm³/mol. The summed E-state index contributed by atoms with van der Waals surface area (Å²) in [5.41, 5.74) is 15.5. The van der Waals surface area contributed by atoms with Crippen molar-refractivity contribution in [1.29, 1.82) is 0 Å². The molecule has 252 valence electrons. The van der Waals surface area contributed by atoms with Gasteiger partial charge in [0.05, 0.1) is 17.6 Å². The molecule has 2 aliphatic heterocycles. The Kier molecular flexibility index (Phi) is 14.0. The van der Waals surface area contributed by atoms with Crippen molar-refractivity contribution in [2.45, 2.75) is 141 Å². The van der Waals surface area contributed by atoms with Gasteiger partial charge in [-0.1, -0.05) is 63.7 Å². The maximum absolute atomic E-state index is 14.9. The molecule has 1 amide bonds. The van der Waals surface area contributed by atoms with Gasteiger partial charge in [-0.2, -0.15) is 0 Å². The van der Waals surface area contributed by atoms with Crippen LogP contribution >= 0.6 is 0 Å². The average molecular weight is 617 g/mol. The largest absolute Gasteiger partial charge is 0.373 e. The summed E-state index contributed by atoms with van der Waals surface area (Å²) >= 11 is 0. The Labute approximate surface area is 267 Å². The second kappa shape index (κ2) is 17.4. The zero-order valence-corrected chi connectivity index (χ0v) is 28.1. The van der Waals surface area contributed by atoms with Gasteiger partial charge in [-0.25, -0.2) is 4.39 Å². The molecule has 7 nitrogen and oxygen atoms in total. The Morgan fingerprint density at radius 1 is 1.18 bits per heavy atom. The Balaban J connectivity index is 1.63. The van der Waals surface area contributed by atoms with E-state index in [4.69, 9.17) is 11.5 Å². The van der Waals surface area contributed by atoms with Gasteiger partial charge < -0.3 is 32.7 Å². The number of nitrogens with two attached hydrogens (primary N) is 2. The molecule has 4 rings (SSSR count). The highest BCUT2D eigenvalue weighted by atomic mass is 19.1. The Bertz CT molecular complexity index is 943. The molecule has 1 saturated heterocycles. The lowest BCUT2D eigenvalue weighted by molar-refractivity contribution is -0.130. The molecular formula is C36H65FN6O. The van der Waals surface area contributed by atoms with Crippen molar-refractivity contribution in [1.82, 2.24) is 21.3 Å². The molecule has 8 heteroatoms. The van der Waals surface area contributed by atoms with Crippen molar-refractivity contribution in [3.63, 3.8) is 0 Å². The minimum absolute atomic E-state index is 0.0229. The maximum atomic E-state index is 14.9. The van der Waals surface area contributed by atoms with Gasteiger partial charge in [-0.05, 0) is 108 Å². The van der Waals surface area contributed by atoms with Gasteiger partial charge in [-0.15, -0.1) is 0 Å². The molecule has 0 aromatic heterocycles. The standard InChI is InChI=1S/C36H65FN6O/c1-4-5-10-19-36(24-40-21-18-31(36)30(17-20-38)25(2)22-27-11-6-7-12-27)43-35(44)33-26(3)41-23-29(37)15-16-32(42-34(33)39)28-13-8-9-14-28/h16,22,25-26,28-31,33-34,40-42H,4-15,17-21,23-24,38-39H2,1-3H3,(H,43,44)/b32-16-. The number of carbonyl (C=O) groups is 1. The summed E-state index contributed by atoms with van der Waals surface area (Å²) < 4.78 is 14.9. The Morgan fingerprint density at radius 2 is 1.93 bits per heavy atom. The van der Waals surface area contributed by atoms with E-state index in [1.807, 2.05) is 13.0 Å². The zero-order chi connectivity index (χ0) is 31.5. The molecule has 0 spiro atoms. The zero-order valence-electron chi connectivity index (χ0n) is 28.1. The van der Waals surface area contributed by atoms with Gasteiger partial charge in [0.2, 0.25) is 5.91 Å². The van der Waals surface area contributed by atoms with Crippen LogP contribution in [0.2, 0.25) is 0 Å².